The normalized spacial score (nSPS) is 11.2. The number of aromatic hydroxyl groups is 1. The molecule has 0 radical (unpaired) electrons. The SMILES string of the molecule is CC(C)(C)OC(=O)c1ccc(CN)c(O)c1. The minimum atomic E-state index is -0.542. The van der Waals surface area contributed by atoms with Crippen molar-refractivity contribution in [1.29, 1.82) is 0 Å². The fourth-order valence-corrected chi connectivity index (χ4v) is 1.20. The van der Waals surface area contributed by atoms with Gasteiger partial charge < -0.3 is 15.6 Å². The molecule has 0 saturated carbocycles. The number of phenols is 1. The summed E-state index contributed by atoms with van der Waals surface area (Å²) in [6.07, 6.45) is 0. The first-order chi connectivity index (χ1) is 7.33. The third-order valence-electron chi connectivity index (χ3n) is 1.94. The molecule has 0 aliphatic rings. The van der Waals surface area contributed by atoms with Gasteiger partial charge in [-0.05, 0) is 32.9 Å². The lowest BCUT2D eigenvalue weighted by atomic mass is 10.1. The van der Waals surface area contributed by atoms with Gasteiger partial charge in [-0.2, -0.15) is 0 Å². The first kappa shape index (κ1) is 12.5. The Balaban J connectivity index is 2.89. The van der Waals surface area contributed by atoms with Crippen LogP contribution in [0.5, 0.6) is 5.75 Å². The smallest absolute Gasteiger partial charge is 0.338 e. The molecule has 1 aromatic carbocycles. The average molecular weight is 223 g/mol. The summed E-state index contributed by atoms with van der Waals surface area (Å²) in [5, 5.41) is 9.55. The van der Waals surface area contributed by atoms with Crippen LogP contribution in [0.4, 0.5) is 0 Å². The molecule has 3 N–H and O–H groups in total. The molecule has 1 aromatic rings. The molecule has 0 saturated heterocycles. The van der Waals surface area contributed by atoms with E-state index in [-0.39, 0.29) is 12.3 Å². The second-order valence-electron chi connectivity index (χ2n) is 4.55. The first-order valence-electron chi connectivity index (χ1n) is 5.09. The Labute approximate surface area is 95.0 Å². The standard InChI is InChI=1S/C12H17NO3/c1-12(2,3)16-11(15)8-4-5-9(7-13)10(14)6-8/h4-6,14H,7,13H2,1-3H3. The van der Waals surface area contributed by atoms with Crippen molar-refractivity contribution in [3.8, 4) is 5.75 Å². The van der Waals surface area contributed by atoms with Gasteiger partial charge in [0.1, 0.15) is 11.4 Å². The van der Waals surface area contributed by atoms with E-state index in [4.69, 9.17) is 10.5 Å². The van der Waals surface area contributed by atoms with Crippen LogP contribution in [0.1, 0.15) is 36.7 Å². The van der Waals surface area contributed by atoms with E-state index < -0.39 is 11.6 Å². The van der Waals surface area contributed by atoms with Crippen molar-refractivity contribution in [2.45, 2.75) is 32.9 Å². The number of carbonyl (C=O) groups is 1. The molecule has 0 fully saturated rings. The Hall–Kier alpha value is -1.55. The van der Waals surface area contributed by atoms with Gasteiger partial charge in [0, 0.05) is 12.1 Å². The van der Waals surface area contributed by atoms with Crippen LogP contribution < -0.4 is 5.73 Å². The molecule has 4 heteroatoms. The van der Waals surface area contributed by atoms with E-state index >= 15 is 0 Å². The lowest BCUT2D eigenvalue weighted by molar-refractivity contribution is 0.00691. The quantitative estimate of drug-likeness (QED) is 0.750. The van der Waals surface area contributed by atoms with Gasteiger partial charge >= 0.3 is 5.97 Å². The minimum Gasteiger partial charge on any atom is -0.508 e. The molecule has 4 nitrogen and oxygen atoms in total. The third kappa shape index (κ3) is 3.24. The molecule has 0 atom stereocenters. The molecule has 0 spiro atoms. The lowest BCUT2D eigenvalue weighted by Crippen LogP contribution is -2.23. The zero-order valence-corrected chi connectivity index (χ0v) is 9.78. The maximum absolute atomic E-state index is 11.6. The maximum Gasteiger partial charge on any atom is 0.338 e. The first-order valence-corrected chi connectivity index (χ1v) is 5.09. The highest BCUT2D eigenvalue weighted by Crippen LogP contribution is 2.20. The summed E-state index contributed by atoms with van der Waals surface area (Å²) in [5.41, 5.74) is 5.79. The molecule has 88 valence electrons. The fraction of sp³-hybridized carbons (Fsp3) is 0.417. The van der Waals surface area contributed by atoms with Gasteiger partial charge in [-0.15, -0.1) is 0 Å². The number of benzene rings is 1. The van der Waals surface area contributed by atoms with Crippen molar-refractivity contribution in [2.24, 2.45) is 5.73 Å². The van der Waals surface area contributed by atoms with E-state index in [1.54, 1.807) is 32.9 Å². The Bertz CT molecular complexity index is 394. The number of esters is 1. The molecular weight excluding hydrogens is 206 g/mol. The van der Waals surface area contributed by atoms with Crippen molar-refractivity contribution in [2.75, 3.05) is 0 Å². The van der Waals surface area contributed by atoms with Crippen molar-refractivity contribution in [1.82, 2.24) is 0 Å². The number of ether oxygens (including phenoxy) is 1. The lowest BCUT2D eigenvalue weighted by Gasteiger charge is -2.19. The number of carbonyl (C=O) groups excluding carboxylic acids is 1. The molecule has 0 aliphatic heterocycles. The number of hydrogen-bond donors (Lipinski definition) is 2. The van der Waals surface area contributed by atoms with Crippen molar-refractivity contribution in [3.63, 3.8) is 0 Å². The predicted molar refractivity (Wildman–Crippen MR) is 61.2 cm³/mol. The van der Waals surface area contributed by atoms with Crippen LogP contribution in [-0.2, 0) is 11.3 Å². The molecular formula is C12H17NO3. The predicted octanol–water partition coefficient (Wildman–Crippen LogP) is 1.81. The van der Waals surface area contributed by atoms with Gasteiger partial charge in [0.05, 0.1) is 5.56 Å². The highest BCUT2D eigenvalue weighted by molar-refractivity contribution is 5.90. The van der Waals surface area contributed by atoms with Crippen molar-refractivity contribution in [3.05, 3.63) is 29.3 Å². The van der Waals surface area contributed by atoms with Gasteiger partial charge in [-0.3, -0.25) is 0 Å². The summed E-state index contributed by atoms with van der Waals surface area (Å²) in [7, 11) is 0. The largest absolute Gasteiger partial charge is 0.508 e. The Morgan fingerprint density at radius 1 is 1.44 bits per heavy atom. The fourth-order valence-electron chi connectivity index (χ4n) is 1.20. The highest BCUT2D eigenvalue weighted by atomic mass is 16.6. The van der Waals surface area contributed by atoms with Crippen LogP contribution in [0.3, 0.4) is 0 Å². The summed E-state index contributed by atoms with van der Waals surface area (Å²) in [5.74, 6) is -0.433. The van der Waals surface area contributed by atoms with Crippen molar-refractivity contribution >= 4 is 5.97 Å². The van der Waals surface area contributed by atoms with E-state index in [0.717, 1.165) is 0 Å². The molecule has 1 rings (SSSR count). The Kier molecular flexibility index (Phi) is 3.55. The zero-order valence-electron chi connectivity index (χ0n) is 9.78. The third-order valence-corrected chi connectivity index (χ3v) is 1.94. The van der Waals surface area contributed by atoms with E-state index in [1.165, 1.54) is 6.07 Å². The number of phenolic OH excluding ortho intramolecular Hbond substituents is 1. The van der Waals surface area contributed by atoms with Crippen LogP contribution in [-0.4, -0.2) is 16.7 Å². The number of nitrogens with two attached hydrogens (primary N) is 1. The van der Waals surface area contributed by atoms with Gasteiger partial charge in [0.2, 0.25) is 0 Å². The Morgan fingerprint density at radius 3 is 2.50 bits per heavy atom. The minimum absolute atomic E-state index is 0.0193. The Morgan fingerprint density at radius 2 is 2.06 bits per heavy atom. The molecule has 0 aliphatic carbocycles. The van der Waals surface area contributed by atoms with Crippen LogP contribution >= 0.6 is 0 Å². The zero-order chi connectivity index (χ0) is 12.3. The average Bonchev–Trinajstić information content (AvgIpc) is 2.15. The van der Waals surface area contributed by atoms with E-state index in [9.17, 15) is 9.90 Å². The summed E-state index contributed by atoms with van der Waals surface area (Å²) in [6, 6.07) is 4.58. The van der Waals surface area contributed by atoms with Gasteiger partial charge in [-0.25, -0.2) is 4.79 Å². The van der Waals surface area contributed by atoms with Gasteiger partial charge in [0.25, 0.3) is 0 Å². The number of hydrogen-bond acceptors (Lipinski definition) is 4. The van der Waals surface area contributed by atoms with E-state index in [2.05, 4.69) is 0 Å². The second-order valence-corrected chi connectivity index (χ2v) is 4.55. The van der Waals surface area contributed by atoms with E-state index in [0.29, 0.717) is 11.1 Å². The summed E-state index contributed by atoms with van der Waals surface area (Å²) >= 11 is 0. The van der Waals surface area contributed by atoms with Crippen LogP contribution in [0, 0.1) is 0 Å². The number of rotatable bonds is 2. The summed E-state index contributed by atoms with van der Waals surface area (Å²) < 4.78 is 5.17. The second kappa shape index (κ2) is 4.53. The molecule has 0 heterocycles. The summed E-state index contributed by atoms with van der Waals surface area (Å²) in [4.78, 5) is 11.6. The van der Waals surface area contributed by atoms with E-state index in [1.807, 2.05) is 0 Å². The maximum atomic E-state index is 11.6. The topological polar surface area (TPSA) is 72.5 Å². The van der Waals surface area contributed by atoms with Crippen molar-refractivity contribution < 1.29 is 14.6 Å². The molecule has 0 amide bonds. The van der Waals surface area contributed by atoms with Gasteiger partial charge in [0.15, 0.2) is 0 Å². The van der Waals surface area contributed by atoms with Crippen LogP contribution in [0.2, 0.25) is 0 Å². The molecule has 0 aromatic heterocycles. The van der Waals surface area contributed by atoms with Gasteiger partial charge in [-0.1, -0.05) is 6.07 Å². The molecule has 0 bridgehead atoms. The summed E-state index contributed by atoms with van der Waals surface area (Å²) in [6.45, 7) is 5.61. The molecule has 0 unspecified atom stereocenters. The van der Waals surface area contributed by atoms with Crippen LogP contribution in [0.25, 0.3) is 0 Å². The molecule has 16 heavy (non-hydrogen) atoms. The highest BCUT2D eigenvalue weighted by Gasteiger charge is 2.18. The van der Waals surface area contributed by atoms with Crippen LogP contribution in [0.15, 0.2) is 18.2 Å². The monoisotopic (exact) mass is 223 g/mol.